The van der Waals surface area contributed by atoms with Crippen LogP contribution in [0.15, 0.2) is 84.4 Å². The summed E-state index contributed by atoms with van der Waals surface area (Å²) in [6, 6.07) is 21.6. The number of aliphatic hydroxyl groups excluding tert-OH is 1. The van der Waals surface area contributed by atoms with Gasteiger partial charge in [-0.3, -0.25) is 14.5 Å². The van der Waals surface area contributed by atoms with E-state index in [1.807, 2.05) is 37.3 Å². The lowest BCUT2D eigenvalue weighted by atomic mass is 9.93. The van der Waals surface area contributed by atoms with E-state index in [9.17, 15) is 19.8 Å². The zero-order valence-corrected chi connectivity index (χ0v) is 21.0. The van der Waals surface area contributed by atoms with Crippen molar-refractivity contribution >= 4 is 45.5 Å². The van der Waals surface area contributed by atoms with Crippen LogP contribution >= 0.6 is 11.6 Å². The van der Waals surface area contributed by atoms with E-state index in [4.69, 9.17) is 16.3 Å². The van der Waals surface area contributed by atoms with Crippen molar-refractivity contribution in [1.29, 1.82) is 0 Å². The van der Waals surface area contributed by atoms with Crippen molar-refractivity contribution in [2.24, 2.45) is 0 Å². The molecule has 1 unspecified atom stereocenters. The molecule has 1 aliphatic heterocycles. The lowest BCUT2D eigenvalue weighted by Gasteiger charge is -2.26. The van der Waals surface area contributed by atoms with Crippen LogP contribution in [0.5, 0.6) is 11.5 Å². The lowest BCUT2D eigenvalue weighted by molar-refractivity contribution is -0.132. The maximum atomic E-state index is 13.5. The maximum Gasteiger partial charge on any atom is 0.300 e. The summed E-state index contributed by atoms with van der Waals surface area (Å²) in [5.74, 6) is -1.77. The second-order valence-corrected chi connectivity index (χ2v) is 9.20. The van der Waals surface area contributed by atoms with Crippen LogP contribution in [0.3, 0.4) is 0 Å². The van der Waals surface area contributed by atoms with E-state index in [1.165, 1.54) is 11.0 Å². The van der Waals surface area contributed by atoms with Gasteiger partial charge < -0.3 is 14.9 Å². The predicted octanol–water partition coefficient (Wildman–Crippen LogP) is 6.53. The molecule has 0 aliphatic carbocycles. The molecular formula is C30H24ClNO5. The number of amides is 1. The van der Waals surface area contributed by atoms with Crippen molar-refractivity contribution in [1.82, 2.24) is 0 Å². The number of hydrogen-bond acceptors (Lipinski definition) is 5. The van der Waals surface area contributed by atoms with Crippen LogP contribution in [0, 0.1) is 6.92 Å². The number of aliphatic hydroxyl groups is 1. The molecule has 0 saturated carbocycles. The van der Waals surface area contributed by atoms with Crippen molar-refractivity contribution in [3.63, 3.8) is 0 Å². The molecule has 6 nitrogen and oxygen atoms in total. The first kappa shape index (κ1) is 24.4. The molecule has 37 heavy (non-hydrogen) atoms. The largest absolute Gasteiger partial charge is 0.507 e. The molecule has 0 aromatic heterocycles. The Morgan fingerprint density at radius 2 is 1.76 bits per heavy atom. The lowest BCUT2D eigenvalue weighted by Crippen LogP contribution is -2.29. The van der Waals surface area contributed by atoms with Gasteiger partial charge >= 0.3 is 0 Å². The Balaban J connectivity index is 1.79. The average molecular weight is 514 g/mol. The standard InChI is InChI=1S/C30H24ClNO5/c1-3-37-25-15-19(12-14-24(25)33)27-26(28(34)22-10-6-8-18-7-4-5-9-21(18)22)29(35)30(36)32(27)20-13-11-17(2)23(31)16-20/h4-16,27,33-34H,3H2,1-2H3/b28-26+. The van der Waals surface area contributed by atoms with Gasteiger partial charge in [-0.05, 0) is 60.0 Å². The summed E-state index contributed by atoms with van der Waals surface area (Å²) in [6.45, 7) is 3.93. The van der Waals surface area contributed by atoms with Crippen LogP contribution in [-0.4, -0.2) is 28.5 Å². The third-order valence-electron chi connectivity index (χ3n) is 6.52. The van der Waals surface area contributed by atoms with Crippen molar-refractivity contribution in [2.45, 2.75) is 19.9 Å². The normalized spacial score (nSPS) is 16.9. The second kappa shape index (κ2) is 9.64. The minimum absolute atomic E-state index is 0.0637. The van der Waals surface area contributed by atoms with Gasteiger partial charge in [0.25, 0.3) is 11.7 Å². The molecule has 186 valence electrons. The number of carbonyl (C=O) groups excluding carboxylic acids is 2. The summed E-state index contributed by atoms with van der Waals surface area (Å²) in [6.07, 6.45) is 0. The summed E-state index contributed by atoms with van der Waals surface area (Å²) >= 11 is 6.38. The molecule has 1 heterocycles. The molecule has 2 N–H and O–H groups in total. The Bertz CT molecular complexity index is 1590. The van der Waals surface area contributed by atoms with E-state index in [1.54, 1.807) is 49.4 Å². The molecule has 7 heteroatoms. The van der Waals surface area contributed by atoms with Gasteiger partial charge in [0.05, 0.1) is 18.2 Å². The number of ketones is 1. The molecule has 1 aliphatic rings. The van der Waals surface area contributed by atoms with E-state index < -0.39 is 17.7 Å². The summed E-state index contributed by atoms with van der Waals surface area (Å²) in [4.78, 5) is 28.3. The Morgan fingerprint density at radius 3 is 2.51 bits per heavy atom. The zero-order chi connectivity index (χ0) is 26.3. The van der Waals surface area contributed by atoms with Crippen molar-refractivity contribution in [3.05, 3.63) is 106 Å². The predicted molar refractivity (Wildman–Crippen MR) is 144 cm³/mol. The van der Waals surface area contributed by atoms with Gasteiger partial charge in [0, 0.05) is 16.3 Å². The van der Waals surface area contributed by atoms with Gasteiger partial charge in [0.2, 0.25) is 0 Å². The number of phenolic OH excluding ortho intramolecular Hbond substituents is 1. The molecular weight excluding hydrogens is 490 g/mol. The van der Waals surface area contributed by atoms with E-state index in [-0.39, 0.29) is 22.8 Å². The van der Waals surface area contributed by atoms with Crippen molar-refractivity contribution in [3.8, 4) is 11.5 Å². The highest BCUT2D eigenvalue weighted by atomic mass is 35.5. The Hall–Kier alpha value is -4.29. The average Bonchev–Trinajstić information content (AvgIpc) is 3.16. The van der Waals surface area contributed by atoms with Crippen LogP contribution in [-0.2, 0) is 9.59 Å². The number of benzene rings is 4. The molecule has 0 bridgehead atoms. The fraction of sp³-hybridized carbons (Fsp3) is 0.133. The monoisotopic (exact) mass is 513 g/mol. The molecule has 0 spiro atoms. The Morgan fingerprint density at radius 1 is 1.00 bits per heavy atom. The molecule has 1 fully saturated rings. The summed E-state index contributed by atoms with van der Waals surface area (Å²) in [5.41, 5.74) is 2.08. The van der Waals surface area contributed by atoms with Crippen LogP contribution < -0.4 is 9.64 Å². The van der Waals surface area contributed by atoms with Crippen molar-refractivity contribution < 1.29 is 24.5 Å². The SMILES string of the molecule is CCOc1cc(C2/C(=C(\O)c3cccc4ccccc34)C(=O)C(=O)N2c2ccc(C)c(Cl)c2)ccc1O. The quantitative estimate of drug-likeness (QED) is 0.180. The fourth-order valence-corrected chi connectivity index (χ4v) is 4.87. The van der Waals surface area contributed by atoms with Crippen LogP contribution in [0.25, 0.3) is 16.5 Å². The fourth-order valence-electron chi connectivity index (χ4n) is 4.69. The minimum atomic E-state index is -0.988. The minimum Gasteiger partial charge on any atom is -0.507 e. The first-order chi connectivity index (χ1) is 17.8. The second-order valence-electron chi connectivity index (χ2n) is 8.79. The number of halogens is 1. The number of Topliss-reactive ketones (excluding diaryl/α,β-unsaturated/α-hetero) is 1. The smallest absolute Gasteiger partial charge is 0.300 e. The first-order valence-corrected chi connectivity index (χ1v) is 12.2. The topological polar surface area (TPSA) is 87.1 Å². The van der Waals surface area contributed by atoms with E-state index in [2.05, 4.69) is 0 Å². The summed E-state index contributed by atoms with van der Waals surface area (Å²) in [7, 11) is 0. The van der Waals surface area contributed by atoms with E-state index >= 15 is 0 Å². The third-order valence-corrected chi connectivity index (χ3v) is 6.93. The number of nitrogens with zero attached hydrogens (tertiary/aromatic N) is 1. The van der Waals surface area contributed by atoms with Crippen LogP contribution in [0.4, 0.5) is 5.69 Å². The van der Waals surface area contributed by atoms with Crippen LogP contribution in [0.2, 0.25) is 5.02 Å². The van der Waals surface area contributed by atoms with Gasteiger partial charge in [0.15, 0.2) is 11.5 Å². The molecule has 1 atom stereocenters. The number of aromatic hydroxyl groups is 1. The van der Waals surface area contributed by atoms with Gasteiger partial charge in [0.1, 0.15) is 5.76 Å². The molecule has 1 saturated heterocycles. The van der Waals surface area contributed by atoms with Gasteiger partial charge in [-0.15, -0.1) is 0 Å². The zero-order valence-electron chi connectivity index (χ0n) is 20.2. The summed E-state index contributed by atoms with van der Waals surface area (Å²) in [5, 5.41) is 23.9. The third kappa shape index (κ3) is 4.19. The molecule has 5 rings (SSSR count). The number of anilines is 1. The number of ether oxygens (including phenoxy) is 1. The first-order valence-electron chi connectivity index (χ1n) is 11.8. The highest BCUT2D eigenvalue weighted by molar-refractivity contribution is 6.52. The number of fused-ring (bicyclic) bond motifs is 1. The highest BCUT2D eigenvalue weighted by Gasteiger charge is 2.47. The molecule has 1 amide bonds. The maximum absolute atomic E-state index is 13.5. The number of rotatable bonds is 5. The highest BCUT2D eigenvalue weighted by Crippen LogP contribution is 2.45. The van der Waals surface area contributed by atoms with E-state index in [0.29, 0.717) is 28.4 Å². The molecule has 4 aromatic rings. The number of phenols is 1. The van der Waals surface area contributed by atoms with Gasteiger partial charge in [-0.1, -0.05) is 66.2 Å². The number of carbonyl (C=O) groups is 2. The van der Waals surface area contributed by atoms with Gasteiger partial charge in [-0.25, -0.2) is 0 Å². The summed E-state index contributed by atoms with van der Waals surface area (Å²) < 4.78 is 5.57. The molecule has 4 aromatic carbocycles. The number of aryl methyl sites for hydroxylation is 1. The van der Waals surface area contributed by atoms with Gasteiger partial charge in [-0.2, -0.15) is 0 Å². The Labute approximate surface area is 219 Å². The van der Waals surface area contributed by atoms with Crippen molar-refractivity contribution in [2.75, 3.05) is 11.5 Å². The van der Waals surface area contributed by atoms with E-state index in [0.717, 1.165) is 16.3 Å². The molecule has 0 radical (unpaired) electrons. The van der Waals surface area contributed by atoms with Crippen LogP contribution in [0.1, 0.15) is 29.7 Å². The number of hydrogen-bond donors (Lipinski definition) is 2. The Kier molecular flexibility index (Phi) is 6.36.